The molecule has 0 radical (unpaired) electrons. The summed E-state index contributed by atoms with van der Waals surface area (Å²) in [6.45, 7) is 10.2. The van der Waals surface area contributed by atoms with Crippen molar-refractivity contribution < 1.29 is 4.74 Å². The van der Waals surface area contributed by atoms with Gasteiger partial charge < -0.3 is 20.3 Å². The highest BCUT2D eigenvalue weighted by atomic mass is 16.5. The number of nitrogens with one attached hydrogen (secondary N) is 2. The van der Waals surface area contributed by atoms with Crippen LogP contribution in [0.4, 0.5) is 0 Å². The Hall–Kier alpha value is -1.59. The number of hydrogen-bond donors (Lipinski definition) is 2. The molecule has 0 bridgehead atoms. The Morgan fingerprint density at radius 1 is 1.17 bits per heavy atom. The first-order valence-electron chi connectivity index (χ1n) is 8.91. The van der Waals surface area contributed by atoms with Crippen LogP contribution in [-0.4, -0.2) is 57.8 Å². The number of ether oxygens (including phenoxy) is 1. The maximum absolute atomic E-state index is 5.37. The molecule has 24 heavy (non-hydrogen) atoms. The highest BCUT2D eigenvalue weighted by Crippen LogP contribution is 2.19. The third-order valence-electron chi connectivity index (χ3n) is 3.81. The monoisotopic (exact) mass is 334 g/mol. The summed E-state index contributed by atoms with van der Waals surface area (Å²) in [4.78, 5) is 6.98. The molecule has 5 nitrogen and oxygen atoms in total. The summed E-state index contributed by atoms with van der Waals surface area (Å²) in [6, 6.07) is 8.97. The van der Waals surface area contributed by atoms with Crippen molar-refractivity contribution in [3.8, 4) is 0 Å². The van der Waals surface area contributed by atoms with Gasteiger partial charge in [0.15, 0.2) is 5.96 Å². The summed E-state index contributed by atoms with van der Waals surface area (Å²) >= 11 is 0. The minimum atomic E-state index is 0.268. The van der Waals surface area contributed by atoms with E-state index >= 15 is 0 Å². The molecular weight excluding hydrogens is 300 g/mol. The molecule has 0 aliphatic rings. The number of nitrogens with zero attached hydrogens (tertiary/aromatic N) is 2. The zero-order valence-electron chi connectivity index (χ0n) is 15.9. The second kappa shape index (κ2) is 11.9. The van der Waals surface area contributed by atoms with Crippen LogP contribution in [-0.2, 0) is 4.74 Å². The predicted octanol–water partition coefficient (Wildman–Crippen LogP) is 2.58. The summed E-state index contributed by atoms with van der Waals surface area (Å²) in [5.74, 6) is 0.868. The van der Waals surface area contributed by atoms with Gasteiger partial charge in [0, 0.05) is 26.3 Å². The van der Waals surface area contributed by atoms with Crippen molar-refractivity contribution in [2.75, 3.05) is 46.9 Å². The Kier molecular flexibility index (Phi) is 10.1. The van der Waals surface area contributed by atoms with Crippen LogP contribution in [0.1, 0.15) is 37.4 Å². The van der Waals surface area contributed by atoms with E-state index in [1.54, 1.807) is 0 Å². The zero-order valence-corrected chi connectivity index (χ0v) is 15.9. The summed E-state index contributed by atoms with van der Waals surface area (Å²) in [6.07, 6.45) is 0.979. The molecule has 0 fully saturated rings. The van der Waals surface area contributed by atoms with Crippen molar-refractivity contribution in [1.82, 2.24) is 15.5 Å². The fourth-order valence-corrected chi connectivity index (χ4v) is 2.40. The summed E-state index contributed by atoms with van der Waals surface area (Å²) in [7, 11) is 4.20. The molecule has 0 spiro atoms. The lowest BCUT2D eigenvalue weighted by Gasteiger charge is -2.24. The normalized spacial score (nSPS) is 13.2. The maximum Gasteiger partial charge on any atom is 0.191 e. The highest BCUT2D eigenvalue weighted by Gasteiger charge is 2.13. The zero-order chi connectivity index (χ0) is 17.8. The lowest BCUT2D eigenvalue weighted by Crippen LogP contribution is -2.38. The minimum absolute atomic E-state index is 0.268. The van der Waals surface area contributed by atoms with Crippen molar-refractivity contribution in [2.24, 2.45) is 4.99 Å². The average Bonchev–Trinajstić information content (AvgIpc) is 2.56. The molecule has 1 atom stereocenters. The van der Waals surface area contributed by atoms with Crippen LogP contribution in [0.15, 0.2) is 29.3 Å². The number of benzene rings is 1. The lowest BCUT2D eigenvalue weighted by atomic mass is 10.0. The van der Waals surface area contributed by atoms with Gasteiger partial charge in [0.1, 0.15) is 0 Å². The van der Waals surface area contributed by atoms with E-state index in [1.807, 2.05) is 6.92 Å². The molecule has 0 saturated carbocycles. The van der Waals surface area contributed by atoms with Crippen LogP contribution >= 0.6 is 0 Å². The quantitative estimate of drug-likeness (QED) is 0.392. The van der Waals surface area contributed by atoms with E-state index in [9.17, 15) is 0 Å². The molecule has 1 aromatic rings. The number of aliphatic imine (C=N–C) groups is 1. The van der Waals surface area contributed by atoms with Gasteiger partial charge in [-0.25, -0.2) is 0 Å². The smallest absolute Gasteiger partial charge is 0.191 e. The molecule has 0 saturated heterocycles. The standard InChI is InChI=1S/C19H34N4O/c1-6-20-19(21-13-8-14-24-7-2)22-15-18(23(4)5)17-11-9-16(3)10-12-17/h9-12,18H,6-8,13-15H2,1-5H3,(H2,20,21,22). The Bertz CT molecular complexity index is 471. The Balaban J connectivity index is 2.64. The molecule has 0 aliphatic heterocycles. The van der Waals surface area contributed by atoms with Gasteiger partial charge >= 0.3 is 0 Å². The molecular formula is C19H34N4O. The highest BCUT2D eigenvalue weighted by molar-refractivity contribution is 5.79. The van der Waals surface area contributed by atoms with E-state index in [-0.39, 0.29) is 6.04 Å². The maximum atomic E-state index is 5.37. The van der Waals surface area contributed by atoms with Crippen LogP contribution in [0, 0.1) is 6.92 Å². The molecule has 5 heteroatoms. The molecule has 1 unspecified atom stereocenters. The summed E-state index contributed by atoms with van der Waals surface area (Å²) < 4.78 is 5.37. The molecule has 0 aliphatic carbocycles. The van der Waals surface area contributed by atoms with Crippen molar-refractivity contribution >= 4 is 5.96 Å². The van der Waals surface area contributed by atoms with Gasteiger partial charge in [0.2, 0.25) is 0 Å². The molecule has 0 aromatic heterocycles. The molecule has 0 heterocycles. The van der Waals surface area contributed by atoms with E-state index in [0.717, 1.165) is 45.2 Å². The van der Waals surface area contributed by atoms with Crippen LogP contribution in [0.2, 0.25) is 0 Å². The third kappa shape index (κ3) is 7.79. The number of guanidine groups is 1. The van der Waals surface area contributed by atoms with Crippen LogP contribution in [0.3, 0.4) is 0 Å². The van der Waals surface area contributed by atoms with E-state index in [2.05, 4.69) is 67.7 Å². The van der Waals surface area contributed by atoms with Crippen molar-refractivity contribution in [3.05, 3.63) is 35.4 Å². The van der Waals surface area contributed by atoms with Gasteiger partial charge in [-0.1, -0.05) is 29.8 Å². The van der Waals surface area contributed by atoms with Gasteiger partial charge in [-0.05, 0) is 46.9 Å². The van der Waals surface area contributed by atoms with Gasteiger partial charge in [-0.3, -0.25) is 4.99 Å². The molecule has 136 valence electrons. The number of likely N-dealkylation sites (N-methyl/N-ethyl adjacent to an activating group) is 1. The molecule has 2 N–H and O–H groups in total. The number of hydrogen-bond acceptors (Lipinski definition) is 3. The molecule has 1 aromatic carbocycles. The van der Waals surface area contributed by atoms with Crippen molar-refractivity contribution in [2.45, 2.75) is 33.2 Å². The predicted molar refractivity (Wildman–Crippen MR) is 103 cm³/mol. The molecule has 1 rings (SSSR count). The first-order chi connectivity index (χ1) is 11.6. The SMILES string of the molecule is CCNC(=NCC(c1ccc(C)cc1)N(C)C)NCCCOCC. The van der Waals surface area contributed by atoms with Crippen molar-refractivity contribution in [1.29, 1.82) is 0 Å². The van der Waals surface area contributed by atoms with Crippen LogP contribution in [0.5, 0.6) is 0 Å². The molecule has 0 amide bonds. The summed E-state index contributed by atoms with van der Waals surface area (Å²) in [5, 5.41) is 6.68. The van der Waals surface area contributed by atoms with Gasteiger partial charge in [-0.2, -0.15) is 0 Å². The topological polar surface area (TPSA) is 48.9 Å². The fraction of sp³-hybridized carbons (Fsp3) is 0.632. The Labute approximate surface area is 147 Å². The van der Waals surface area contributed by atoms with Gasteiger partial charge in [0.05, 0.1) is 12.6 Å². The fourth-order valence-electron chi connectivity index (χ4n) is 2.40. The number of rotatable bonds is 10. The van der Waals surface area contributed by atoms with E-state index in [0.29, 0.717) is 0 Å². The first kappa shape index (κ1) is 20.5. The summed E-state index contributed by atoms with van der Waals surface area (Å²) in [5.41, 5.74) is 2.57. The second-order valence-corrected chi connectivity index (χ2v) is 6.09. The first-order valence-corrected chi connectivity index (χ1v) is 8.91. The van der Waals surface area contributed by atoms with E-state index in [1.165, 1.54) is 11.1 Å². The van der Waals surface area contributed by atoms with Crippen LogP contribution < -0.4 is 10.6 Å². The Morgan fingerprint density at radius 2 is 1.88 bits per heavy atom. The van der Waals surface area contributed by atoms with E-state index < -0.39 is 0 Å². The third-order valence-corrected chi connectivity index (χ3v) is 3.81. The van der Waals surface area contributed by atoms with Gasteiger partial charge in [0.25, 0.3) is 0 Å². The average molecular weight is 335 g/mol. The number of aryl methyl sites for hydroxylation is 1. The lowest BCUT2D eigenvalue weighted by molar-refractivity contribution is 0.145. The van der Waals surface area contributed by atoms with Gasteiger partial charge in [-0.15, -0.1) is 0 Å². The second-order valence-electron chi connectivity index (χ2n) is 6.09. The minimum Gasteiger partial charge on any atom is -0.382 e. The van der Waals surface area contributed by atoms with Crippen LogP contribution in [0.25, 0.3) is 0 Å². The Morgan fingerprint density at radius 3 is 2.46 bits per heavy atom. The van der Waals surface area contributed by atoms with E-state index in [4.69, 9.17) is 9.73 Å². The van der Waals surface area contributed by atoms with Crippen molar-refractivity contribution in [3.63, 3.8) is 0 Å². The largest absolute Gasteiger partial charge is 0.382 e.